The summed E-state index contributed by atoms with van der Waals surface area (Å²) in [4.78, 5) is 0. The van der Waals surface area contributed by atoms with Crippen LogP contribution in [0.25, 0.3) is 0 Å². The van der Waals surface area contributed by atoms with E-state index < -0.39 is 5.82 Å². The molecule has 0 aromatic heterocycles. The molecule has 0 aliphatic heterocycles. The minimum atomic E-state index is -0.630. The Labute approximate surface area is 119 Å². The van der Waals surface area contributed by atoms with Crippen LogP contribution in [0.4, 0.5) is 4.39 Å². The molecule has 0 unspecified atom stereocenters. The molecule has 2 aromatic rings. The number of ether oxygens (including phenoxy) is 1. The molecule has 19 heavy (non-hydrogen) atoms. The number of nitriles is 1. The highest BCUT2D eigenvalue weighted by Crippen LogP contribution is 2.30. The zero-order valence-corrected chi connectivity index (χ0v) is 11.2. The fourth-order valence-corrected chi connectivity index (χ4v) is 1.89. The Morgan fingerprint density at radius 2 is 2.00 bits per heavy atom. The van der Waals surface area contributed by atoms with Crippen molar-refractivity contribution < 1.29 is 9.13 Å². The molecule has 0 bridgehead atoms. The topological polar surface area (TPSA) is 33.0 Å². The summed E-state index contributed by atoms with van der Waals surface area (Å²) in [5.74, 6) is 0.372. The molecule has 0 fully saturated rings. The Kier molecular flexibility index (Phi) is 4.26. The van der Waals surface area contributed by atoms with Crippen molar-refractivity contribution in [2.24, 2.45) is 0 Å². The number of alkyl halides is 1. The van der Waals surface area contributed by atoms with Gasteiger partial charge in [0.1, 0.15) is 23.4 Å². The lowest BCUT2D eigenvalue weighted by Crippen LogP contribution is -1.91. The first kappa shape index (κ1) is 13.7. The van der Waals surface area contributed by atoms with Crippen LogP contribution >= 0.6 is 23.2 Å². The number of rotatable bonds is 3. The van der Waals surface area contributed by atoms with E-state index >= 15 is 0 Å². The number of hydrogen-bond donors (Lipinski definition) is 0. The summed E-state index contributed by atoms with van der Waals surface area (Å²) in [5.41, 5.74) is 0.715. The van der Waals surface area contributed by atoms with Crippen molar-refractivity contribution in [3.8, 4) is 17.6 Å². The second-order valence-corrected chi connectivity index (χ2v) is 4.44. The van der Waals surface area contributed by atoms with E-state index in [0.717, 1.165) is 11.6 Å². The van der Waals surface area contributed by atoms with Gasteiger partial charge in [-0.2, -0.15) is 5.26 Å². The molecule has 0 radical (unpaired) electrons. The second-order valence-electron chi connectivity index (χ2n) is 3.74. The largest absolute Gasteiger partial charge is 0.457 e. The maximum absolute atomic E-state index is 13.5. The van der Waals surface area contributed by atoms with E-state index in [-0.39, 0.29) is 17.2 Å². The van der Waals surface area contributed by atoms with E-state index in [4.69, 9.17) is 33.2 Å². The Balaban J connectivity index is 2.33. The van der Waals surface area contributed by atoms with Gasteiger partial charge >= 0.3 is 0 Å². The van der Waals surface area contributed by atoms with Crippen LogP contribution in [-0.4, -0.2) is 0 Å². The zero-order chi connectivity index (χ0) is 13.8. The van der Waals surface area contributed by atoms with Gasteiger partial charge in [0.15, 0.2) is 0 Å². The lowest BCUT2D eigenvalue weighted by Gasteiger charge is -2.10. The van der Waals surface area contributed by atoms with Crippen molar-refractivity contribution in [1.82, 2.24) is 0 Å². The van der Waals surface area contributed by atoms with Gasteiger partial charge in [-0.1, -0.05) is 17.7 Å². The third-order valence-corrected chi connectivity index (χ3v) is 2.99. The molecular weight excluding hydrogens is 288 g/mol. The summed E-state index contributed by atoms with van der Waals surface area (Å²) in [6.45, 7) is 0. The number of benzene rings is 2. The Morgan fingerprint density at radius 3 is 2.63 bits per heavy atom. The Bertz CT molecular complexity index is 652. The van der Waals surface area contributed by atoms with Gasteiger partial charge in [0.25, 0.3) is 0 Å². The fraction of sp³-hybridized carbons (Fsp3) is 0.0714. The first-order valence-corrected chi connectivity index (χ1v) is 6.27. The first-order valence-electron chi connectivity index (χ1n) is 5.36. The van der Waals surface area contributed by atoms with Crippen molar-refractivity contribution in [3.05, 3.63) is 58.4 Å². The molecule has 0 amide bonds. The third kappa shape index (κ3) is 3.17. The van der Waals surface area contributed by atoms with Crippen molar-refractivity contribution >= 4 is 23.2 Å². The molecule has 5 heteroatoms. The highest BCUT2D eigenvalue weighted by atomic mass is 35.5. The van der Waals surface area contributed by atoms with E-state index in [1.807, 2.05) is 0 Å². The Morgan fingerprint density at radius 1 is 1.21 bits per heavy atom. The van der Waals surface area contributed by atoms with Crippen LogP contribution in [-0.2, 0) is 5.88 Å². The fourth-order valence-electron chi connectivity index (χ4n) is 1.51. The number of halogens is 3. The number of hydrogen-bond acceptors (Lipinski definition) is 2. The van der Waals surface area contributed by atoms with Crippen LogP contribution in [0.1, 0.15) is 11.1 Å². The standard InChI is InChI=1S/C14H8Cl2FNO/c15-7-9-1-3-11(16)5-14(9)19-12-4-2-10(8-18)13(17)6-12/h1-6H,7H2. The van der Waals surface area contributed by atoms with Crippen molar-refractivity contribution in [3.63, 3.8) is 0 Å². The zero-order valence-electron chi connectivity index (χ0n) is 9.66. The number of nitrogens with zero attached hydrogens (tertiary/aromatic N) is 1. The van der Waals surface area contributed by atoms with Crippen LogP contribution in [0.2, 0.25) is 5.02 Å². The van der Waals surface area contributed by atoms with Crippen LogP contribution in [0.15, 0.2) is 36.4 Å². The van der Waals surface area contributed by atoms with E-state index in [0.29, 0.717) is 10.8 Å². The van der Waals surface area contributed by atoms with E-state index in [1.54, 1.807) is 24.3 Å². The molecule has 0 spiro atoms. The van der Waals surface area contributed by atoms with Crippen molar-refractivity contribution in [2.75, 3.05) is 0 Å². The summed E-state index contributed by atoms with van der Waals surface area (Å²) >= 11 is 11.7. The molecular formula is C14H8Cl2FNO. The van der Waals surface area contributed by atoms with Gasteiger partial charge in [-0.25, -0.2) is 4.39 Å². The third-order valence-electron chi connectivity index (χ3n) is 2.46. The monoisotopic (exact) mass is 295 g/mol. The van der Waals surface area contributed by atoms with Crippen LogP contribution in [0.3, 0.4) is 0 Å². The van der Waals surface area contributed by atoms with E-state index in [9.17, 15) is 4.39 Å². The smallest absolute Gasteiger partial charge is 0.144 e. The van der Waals surface area contributed by atoms with Crippen LogP contribution < -0.4 is 4.74 Å². The molecule has 0 aliphatic rings. The van der Waals surface area contributed by atoms with Crippen LogP contribution in [0.5, 0.6) is 11.5 Å². The summed E-state index contributed by atoms with van der Waals surface area (Å²) in [6.07, 6.45) is 0. The summed E-state index contributed by atoms with van der Waals surface area (Å²) in [6, 6.07) is 10.8. The summed E-state index contributed by atoms with van der Waals surface area (Å²) < 4.78 is 19.0. The maximum Gasteiger partial charge on any atom is 0.144 e. The van der Waals surface area contributed by atoms with Crippen molar-refractivity contribution in [2.45, 2.75) is 5.88 Å². The predicted molar refractivity (Wildman–Crippen MR) is 72.2 cm³/mol. The lowest BCUT2D eigenvalue weighted by molar-refractivity contribution is 0.472. The second kappa shape index (κ2) is 5.92. The summed E-state index contributed by atoms with van der Waals surface area (Å²) in [7, 11) is 0. The molecule has 0 saturated carbocycles. The SMILES string of the molecule is N#Cc1ccc(Oc2cc(Cl)ccc2CCl)cc1F. The molecule has 0 aliphatic carbocycles. The predicted octanol–water partition coefficient (Wildman–Crippen LogP) is 4.88. The quantitative estimate of drug-likeness (QED) is 0.756. The molecule has 0 heterocycles. The molecule has 2 nitrogen and oxygen atoms in total. The van der Waals surface area contributed by atoms with Gasteiger partial charge in [0, 0.05) is 16.7 Å². The van der Waals surface area contributed by atoms with Gasteiger partial charge in [0.05, 0.1) is 11.4 Å². The van der Waals surface area contributed by atoms with E-state index in [2.05, 4.69) is 0 Å². The van der Waals surface area contributed by atoms with Crippen molar-refractivity contribution in [1.29, 1.82) is 5.26 Å². The lowest BCUT2D eigenvalue weighted by atomic mass is 10.2. The minimum absolute atomic E-state index is 0.0315. The normalized spacial score (nSPS) is 10.0. The van der Waals surface area contributed by atoms with Gasteiger partial charge in [-0.3, -0.25) is 0 Å². The molecule has 0 saturated heterocycles. The van der Waals surface area contributed by atoms with Crippen LogP contribution in [0, 0.1) is 17.1 Å². The van der Waals surface area contributed by atoms with E-state index in [1.165, 1.54) is 12.1 Å². The molecule has 0 atom stereocenters. The van der Waals surface area contributed by atoms with Gasteiger partial charge in [-0.05, 0) is 24.3 Å². The van der Waals surface area contributed by atoms with Gasteiger partial charge in [-0.15, -0.1) is 11.6 Å². The average Bonchev–Trinajstić information content (AvgIpc) is 2.39. The summed E-state index contributed by atoms with van der Waals surface area (Å²) in [5, 5.41) is 9.15. The highest BCUT2D eigenvalue weighted by Gasteiger charge is 2.08. The molecule has 96 valence electrons. The molecule has 2 rings (SSSR count). The van der Waals surface area contributed by atoms with Gasteiger partial charge < -0.3 is 4.74 Å². The maximum atomic E-state index is 13.5. The molecule has 0 N–H and O–H groups in total. The highest BCUT2D eigenvalue weighted by molar-refractivity contribution is 6.30. The minimum Gasteiger partial charge on any atom is -0.457 e. The molecule has 2 aromatic carbocycles. The van der Waals surface area contributed by atoms with Gasteiger partial charge in [0.2, 0.25) is 0 Å². The Hall–Kier alpha value is -1.76. The first-order chi connectivity index (χ1) is 9.13. The average molecular weight is 296 g/mol.